The summed E-state index contributed by atoms with van der Waals surface area (Å²) in [6.45, 7) is 0. The Labute approximate surface area is 115 Å². The van der Waals surface area contributed by atoms with Gasteiger partial charge in [0.15, 0.2) is 0 Å². The van der Waals surface area contributed by atoms with Crippen molar-refractivity contribution in [1.29, 1.82) is 0 Å². The molecule has 3 heteroatoms. The van der Waals surface area contributed by atoms with E-state index >= 15 is 0 Å². The van der Waals surface area contributed by atoms with Gasteiger partial charge in [0.1, 0.15) is 0 Å². The lowest BCUT2D eigenvalue weighted by atomic mass is 10.1. The first-order valence-electron chi connectivity index (χ1n) is 6.37. The smallest absolute Gasteiger partial charge is 0.0741 e. The van der Waals surface area contributed by atoms with E-state index in [1.807, 2.05) is 12.1 Å². The van der Waals surface area contributed by atoms with E-state index in [1.54, 1.807) is 0 Å². The molecule has 2 aromatic carbocycles. The molecule has 0 aliphatic heterocycles. The van der Waals surface area contributed by atoms with Gasteiger partial charge in [0, 0.05) is 15.5 Å². The fraction of sp³-hybridized carbons (Fsp3) is 0.333. The van der Waals surface area contributed by atoms with Gasteiger partial charge in [-0.3, -0.25) is 0 Å². The number of nitrogens with one attached hydrogen (secondary N) is 1. The molecule has 94 valence electrons. The van der Waals surface area contributed by atoms with Crippen LogP contribution in [0.4, 0.5) is 5.69 Å². The van der Waals surface area contributed by atoms with E-state index in [1.165, 1.54) is 10.8 Å². The monoisotopic (exact) mass is 305 g/mol. The zero-order chi connectivity index (χ0) is 12.5. The molecule has 0 spiro atoms. The molecule has 0 amide bonds. The molecule has 18 heavy (non-hydrogen) atoms. The van der Waals surface area contributed by atoms with Crippen molar-refractivity contribution in [3.63, 3.8) is 0 Å². The van der Waals surface area contributed by atoms with Gasteiger partial charge in [-0.05, 0) is 36.8 Å². The maximum atomic E-state index is 9.91. The predicted octanol–water partition coefficient (Wildman–Crippen LogP) is 3.93. The van der Waals surface area contributed by atoms with Gasteiger partial charge >= 0.3 is 0 Å². The molecule has 1 fully saturated rings. The normalized spacial score (nSPS) is 23.4. The number of rotatable bonds is 2. The van der Waals surface area contributed by atoms with Crippen LogP contribution in [-0.4, -0.2) is 17.3 Å². The number of aliphatic hydroxyl groups excluding tert-OH is 1. The highest BCUT2D eigenvalue weighted by molar-refractivity contribution is 9.10. The fourth-order valence-electron chi connectivity index (χ4n) is 2.70. The second-order valence-corrected chi connectivity index (χ2v) is 5.74. The van der Waals surface area contributed by atoms with Crippen LogP contribution in [0.2, 0.25) is 0 Å². The lowest BCUT2D eigenvalue weighted by molar-refractivity contribution is 0.172. The van der Waals surface area contributed by atoms with Crippen LogP contribution < -0.4 is 5.32 Å². The zero-order valence-electron chi connectivity index (χ0n) is 10.1. The van der Waals surface area contributed by atoms with Crippen LogP contribution in [0.15, 0.2) is 40.9 Å². The van der Waals surface area contributed by atoms with Gasteiger partial charge in [0.2, 0.25) is 0 Å². The minimum atomic E-state index is -0.215. The summed E-state index contributed by atoms with van der Waals surface area (Å²) in [7, 11) is 0. The fourth-order valence-corrected chi connectivity index (χ4v) is 3.17. The van der Waals surface area contributed by atoms with Crippen molar-refractivity contribution in [3.05, 3.63) is 40.9 Å². The van der Waals surface area contributed by atoms with Crippen molar-refractivity contribution in [2.45, 2.75) is 31.4 Å². The molecular weight excluding hydrogens is 290 g/mol. The van der Waals surface area contributed by atoms with Gasteiger partial charge in [-0.25, -0.2) is 0 Å². The van der Waals surface area contributed by atoms with Gasteiger partial charge in [0.25, 0.3) is 0 Å². The number of hydrogen-bond acceptors (Lipinski definition) is 2. The lowest BCUT2D eigenvalue weighted by Crippen LogP contribution is -2.27. The highest BCUT2D eigenvalue weighted by Gasteiger charge is 2.25. The second kappa shape index (κ2) is 4.90. The van der Waals surface area contributed by atoms with Gasteiger partial charge in [-0.15, -0.1) is 0 Å². The molecular formula is C15H16BrNO. The van der Waals surface area contributed by atoms with Gasteiger partial charge in [-0.2, -0.15) is 0 Å². The topological polar surface area (TPSA) is 32.3 Å². The molecule has 1 saturated carbocycles. The first-order valence-corrected chi connectivity index (χ1v) is 7.17. The Morgan fingerprint density at radius 2 is 1.83 bits per heavy atom. The molecule has 3 rings (SSSR count). The Kier molecular flexibility index (Phi) is 3.27. The predicted molar refractivity (Wildman–Crippen MR) is 78.9 cm³/mol. The third-order valence-electron chi connectivity index (χ3n) is 3.69. The number of hydrogen-bond donors (Lipinski definition) is 2. The molecule has 2 N–H and O–H groups in total. The van der Waals surface area contributed by atoms with E-state index in [9.17, 15) is 5.11 Å². The van der Waals surface area contributed by atoms with Gasteiger partial charge in [0.05, 0.1) is 12.1 Å². The van der Waals surface area contributed by atoms with Gasteiger partial charge < -0.3 is 10.4 Å². The van der Waals surface area contributed by atoms with Crippen LogP contribution in [-0.2, 0) is 0 Å². The van der Waals surface area contributed by atoms with Crippen molar-refractivity contribution in [1.82, 2.24) is 0 Å². The van der Waals surface area contributed by atoms with E-state index in [-0.39, 0.29) is 12.1 Å². The average molecular weight is 306 g/mol. The summed E-state index contributed by atoms with van der Waals surface area (Å²) in [6.07, 6.45) is 2.85. The quantitative estimate of drug-likeness (QED) is 0.881. The van der Waals surface area contributed by atoms with Crippen LogP contribution >= 0.6 is 15.9 Å². The first kappa shape index (κ1) is 12.0. The summed E-state index contributed by atoms with van der Waals surface area (Å²) in [5.41, 5.74) is 1.11. The molecule has 0 bridgehead atoms. The Bertz CT molecular complexity index is 569. The highest BCUT2D eigenvalue weighted by atomic mass is 79.9. The highest BCUT2D eigenvalue weighted by Crippen LogP contribution is 2.32. The first-order chi connectivity index (χ1) is 8.75. The molecule has 1 aliphatic carbocycles. The van der Waals surface area contributed by atoms with Crippen LogP contribution in [0.3, 0.4) is 0 Å². The summed E-state index contributed by atoms with van der Waals surface area (Å²) in [6, 6.07) is 12.6. The number of halogens is 1. The maximum absolute atomic E-state index is 9.91. The van der Waals surface area contributed by atoms with Crippen LogP contribution in [0.25, 0.3) is 10.8 Å². The minimum absolute atomic E-state index is 0.189. The summed E-state index contributed by atoms with van der Waals surface area (Å²) in [5.74, 6) is 0. The van der Waals surface area contributed by atoms with E-state index < -0.39 is 0 Å². The van der Waals surface area contributed by atoms with Crippen molar-refractivity contribution < 1.29 is 5.11 Å². The van der Waals surface area contributed by atoms with Crippen molar-refractivity contribution in [2.75, 3.05) is 5.32 Å². The Morgan fingerprint density at radius 1 is 1.06 bits per heavy atom. The molecule has 2 nitrogen and oxygen atoms in total. The summed E-state index contributed by atoms with van der Waals surface area (Å²) >= 11 is 3.58. The Hall–Kier alpha value is -1.06. The van der Waals surface area contributed by atoms with Crippen LogP contribution in [0.1, 0.15) is 19.3 Å². The molecule has 2 atom stereocenters. The van der Waals surface area contributed by atoms with E-state index in [0.717, 1.165) is 29.4 Å². The van der Waals surface area contributed by atoms with Crippen LogP contribution in [0, 0.1) is 0 Å². The zero-order valence-corrected chi connectivity index (χ0v) is 11.7. The average Bonchev–Trinajstić information content (AvgIpc) is 2.79. The number of aliphatic hydroxyl groups is 1. The molecule has 0 heterocycles. The minimum Gasteiger partial charge on any atom is -0.391 e. The van der Waals surface area contributed by atoms with Crippen molar-refractivity contribution in [2.24, 2.45) is 0 Å². The molecule has 0 saturated heterocycles. The largest absolute Gasteiger partial charge is 0.391 e. The SMILES string of the molecule is O[C@H]1CCC[C@@H]1Nc1ccc(Br)c2ccccc12. The molecule has 0 unspecified atom stereocenters. The maximum Gasteiger partial charge on any atom is 0.0741 e. The Balaban J connectivity index is 1.99. The summed E-state index contributed by atoms with van der Waals surface area (Å²) in [4.78, 5) is 0. The van der Waals surface area contributed by atoms with E-state index in [0.29, 0.717) is 0 Å². The lowest BCUT2D eigenvalue weighted by Gasteiger charge is -2.19. The van der Waals surface area contributed by atoms with Crippen molar-refractivity contribution >= 4 is 32.4 Å². The van der Waals surface area contributed by atoms with Crippen LogP contribution in [0.5, 0.6) is 0 Å². The second-order valence-electron chi connectivity index (χ2n) is 4.89. The summed E-state index contributed by atoms with van der Waals surface area (Å²) < 4.78 is 1.11. The molecule has 1 aliphatic rings. The molecule has 0 radical (unpaired) electrons. The van der Waals surface area contributed by atoms with Crippen molar-refractivity contribution in [3.8, 4) is 0 Å². The molecule has 2 aromatic rings. The van der Waals surface area contributed by atoms with Gasteiger partial charge in [-0.1, -0.05) is 40.2 Å². The number of anilines is 1. The standard InChI is InChI=1S/C15H16BrNO/c16-12-8-9-13(11-5-2-1-4-10(11)12)17-14-6-3-7-15(14)18/h1-2,4-5,8-9,14-15,17-18H,3,6-7H2/t14-,15-/m0/s1. The third-order valence-corrected chi connectivity index (χ3v) is 4.38. The Morgan fingerprint density at radius 3 is 2.56 bits per heavy atom. The van der Waals surface area contributed by atoms with E-state index in [4.69, 9.17) is 0 Å². The summed E-state index contributed by atoms with van der Waals surface area (Å²) in [5, 5.41) is 15.8. The third kappa shape index (κ3) is 2.13. The van der Waals surface area contributed by atoms with E-state index in [2.05, 4.69) is 45.5 Å². The molecule has 0 aromatic heterocycles. The number of benzene rings is 2. The number of fused-ring (bicyclic) bond motifs is 1.